The van der Waals surface area contributed by atoms with Crippen molar-refractivity contribution in [3.05, 3.63) is 42.2 Å². The number of aromatic nitrogens is 2. The van der Waals surface area contributed by atoms with E-state index in [1.807, 2.05) is 0 Å². The molecule has 0 unspecified atom stereocenters. The first kappa shape index (κ1) is 12.5. The minimum absolute atomic E-state index is 0.0510. The molecule has 6 heteroatoms. The van der Waals surface area contributed by atoms with E-state index in [9.17, 15) is 9.18 Å². The Balaban J connectivity index is 2.12. The second-order valence-electron chi connectivity index (χ2n) is 3.45. The van der Waals surface area contributed by atoms with Crippen LogP contribution < -0.4 is 0 Å². The van der Waals surface area contributed by atoms with Crippen molar-refractivity contribution in [3.63, 3.8) is 0 Å². The van der Waals surface area contributed by atoms with Crippen LogP contribution in [0.3, 0.4) is 0 Å². The van der Waals surface area contributed by atoms with E-state index >= 15 is 0 Å². The zero-order valence-electron chi connectivity index (χ0n) is 9.21. The Morgan fingerprint density at radius 1 is 1.17 bits per heavy atom. The fourth-order valence-electron chi connectivity index (χ4n) is 1.31. The minimum Gasteiger partial charge on any atom is -0.481 e. The monoisotopic (exact) mass is 264 g/mol. The smallest absolute Gasteiger partial charge is 0.313 e. The van der Waals surface area contributed by atoms with Gasteiger partial charge in [-0.15, -0.1) is 10.2 Å². The predicted molar refractivity (Wildman–Crippen MR) is 65.8 cm³/mol. The van der Waals surface area contributed by atoms with Gasteiger partial charge in [0.05, 0.1) is 11.4 Å². The molecule has 1 heterocycles. The number of rotatable bonds is 4. The van der Waals surface area contributed by atoms with Crippen LogP contribution in [0.4, 0.5) is 4.39 Å². The number of nitrogens with zero attached hydrogens (tertiary/aromatic N) is 2. The van der Waals surface area contributed by atoms with Crippen LogP contribution in [0.2, 0.25) is 0 Å². The molecule has 0 fully saturated rings. The highest BCUT2D eigenvalue weighted by molar-refractivity contribution is 7.99. The Morgan fingerprint density at radius 2 is 1.89 bits per heavy atom. The Hall–Kier alpha value is -1.95. The van der Waals surface area contributed by atoms with Gasteiger partial charge < -0.3 is 5.11 Å². The molecule has 2 rings (SSSR count). The van der Waals surface area contributed by atoms with E-state index in [1.54, 1.807) is 24.3 Å². The number of carbonyl (C=O) groups is 1. The van der Waals surface area contributed by atoms with Crippen LogP contribution in [0.25, 0.3) is 11.3 Å². The van der Waals surface area contributed by atoms with Crippen molar-refractivity contribution < 1.29 is 14.3 Å². The maximum atomic E-state index is 12.7. The second-order valence-corrected chi connectivity index (χ2v) is 4.44. The molecule has 4 nitrogen and oxygen atoms in total. The van der Waals surface area contributed by atoms with Crippen molar-refractivity contribution in [1.82, 2.24) is 10.2 Å². The molecule has 18 heavy (non-hydrogen) atoms. The van der Waals surface area contributed by atoms with Crippen LogP contribution in [0, 0.1) is 5.82 Å². The van der Waals surface area contributed by atoms with Gasteiger partial charge in [-0.25, -0.2) is 4.39 Å². The lowest BCUT2D eigenvalue weighted by atomic mass is 10.1. The molecule has 0 aliphatic rings. The maximum Gasteiger partial charge on any atom is 0.313 e. The lowest BCUT2D eigenvalue weighted by Crippen LogP contribution is -1.98. The number of aliphatic carboxylic acids is 1. The molecular weight excluding hydrogens is 255 g/mol. The average molecular weight is 264 g/mol. The minimum atomic E-state index is -0.899. The summed E-state index contributed by atoms with van der Waals surface area (Å²) >= 11 is 1.10. The van der Waals surface area contributed by atoms with Crippen molar-refractivity contribution in [2.24, 2.45) is 0 Å². The molecular formula is C12H9FN2O2S. The molecule has 0 spiro atoms. The molecule has 0 aliphatic carbocycles. The lowest BCUT2D eigenvalue weighted by Gasteiger charge is -2.01. The van der Waals surface area contributed by atoms with Gasteiger partial charge in [-0.3, -0.25) is 4.79 Å². The third-order valence-electron chi connectivity index (χ3n) is 2.12. The quantitative estimate of drug-likeness (QED) is 0.859. The highest BCUT2D eigenvalue weighted by Crippen LogP contribution is 2.19. The molecule has 0 radical (unpaired) electrons. The van der Waals surface area contributed by atoms with Crippen LogP contribution in [0.1, 0.15) is 0 Å². The lowest BCUT2D eigenvalue weighted by molar-refractivity contribution is -0.133. The first-order chi connectivity index (χ1) is 8.65. The van der Waals surface area contributed by atoms with E-state index in [0.717, 1.165) is 17.3 Å². The number of thioether (sulfide) groups is 1. The van der Waals surface area contributed by atoms with E-state index in [2.05, 4.69) is 10.2 Å². The van der Waals surface area contributed by atoms with Gasteiger partial charge in [-0.2, -0.15) is 0 Å². The first-order valence-corrected chi connectivity index (χ1v) is 6.08. The predicted octanol–water partition coefficient (Wildman–Crippen LogP) is 2.46. The Morgan fingerprint density at radius 3 is 2.44 bits per heavy atom. The van der Waals surface area contributed by atoms with Crippen LogP contribution in [-0.4, -0.2) is 27.0 Å². The van der Waals surface area contributed by atoms with Gasteiger partial charge in [0.15, 0.2) is 0 Å². The first-order valence-electron chi connectivity index (χ1n) is 5.09. The van der Waals surface area contributed by atoms with Gasteiger partial charge in [0.1, 0.15) is 10.8 Å². The Kier molecular flexibility index (Phi) is 3.88. The van der Waals surface area contributed by atoms with Crippen LogP contribution in [0.5, 0.6) is 0 Å². The van der Waals surface area contributed by atoms with E-state index < -0.39 is 5.97 Å². The van der Waals surface area contributed by atoms with Gasteiger partial charge in [-0.1, -0.05) is 11.8 Å². The summed E-state index contributed by atoms with van der Waals surface area (Å²) in [6.45, 7) is 0. The van der Waals surface area contributed by atoms with E-state index in [-0.39, 0.29) is 11.6 Å². The summed E-state index contributed by atoms with van der Waals surface area (Å²) in [5.41, 5.74) is 1.38. The van der Waals surface area contributed by atoms with Gasteiger partial charge in [0.25, 0.3) is 0 Å². The molecule has 0 saturated carbocycles. The number of benzene rings is 1. The molecule has 1 aromatic heterocycles. The molecule has 1 aromatic carbocycles. The van der Waals surface area contributed by atoms with Crippen molar-refractivity contribution in [3.8, 4) is 11.3 Å². The zero-order chi connectivity index (χ0) is 13.0. The summed E-state index contributed by atoms with van der Waals surface area (Å²) in [4.78, 5) is 10.4. The highest BCUT2D eigenvalue weighted by Gasteiger charge is 2.04. The highest BCUT2D eigenvalue weighted by atomic mass is 32.2. The SMILES string of the molecule is O=C(O)CSc1ccc(-c2ccc(F)cc2)nn1. The summed E-state index contributed by atoms with van der Waals surface area (Å²) in [6.07, 6.45) is 0. The van der Waals surface area contributed by atoms with Crippen molar-refractivity contribution in [2.75, 3.05) is 5.75 Å². The van der Waals surface area contributed by atoms with E-state index in [4.69, 9.17) is 5.11 Å². The van der Waals surface area contributed by atoms with E-state index in [1.165, 1.54) is 12.1 Å². The fraction of sp³-hybridized carbons (Fsp3) is 0.0833. The molecule has 1 N–H and O–H groups in total. The fourth-order valence-corrected chi connectivity index (χ4v) is 1.84. The number of carboxylic acid groups (broad SMARTS) is 1. The standard InChI is InChI=1S/C12H9FN2O2S/c13-9-3-1-8(2-4-9)10-5-6-11(15-14-10)18-7-12(16)17/h1-6H,7H2,(H,16,17). The number of halogens is 1. The molecule has 0 atom stereocenters. The summed E-state index contributed by atoms with van der Waals surface area (Å²) in [6, 6.07) is 9.35. The molecule has 0 amide bonds. The average Bonchev–Trinajstić information content (AvgIpc) is 2.38. The molecule has 0 bridgehead atoms. The molecule has 92 valence electrons. The molecule has 0 aliphatic heterocycles. The van der Waals surface area contributed by atoms with E-state index in [0.29, 0.717) is 10.7 Å². The summed E-state index contributed by atoms with van der Waals surface area (Å²) < 4.78 is 12.7. The van der Waals surface area contributed by atoms with Gasteiger partial charge in [0.2, 0.25) is 0 Å². The van der Waals surface area contributed by atoms with Crippen LogP contribution >= 0.6 is 11.8 Å². The number of carboxylic acids is 1. The maximum absolute atomic E-state index is 12.7. The molecule has 0 saturated heterocycles. The zero-order valence-corrected chi connectivity index (χ0v) is 10.0. The Labute approximate surface area is 107 Å². The van der Waals surface area contributed by atoms with Crippen molar-refractivity contribution >= 4 is 17.7 Å². The second kappa shape index (κ2) is 5.59. The van der Waals surface area contributed by atoms with Crippen LogP contribution in [0.15, 0.2) is 41.4 Å². The van der Waals surface area contributed by atoms with Gasteiger partial charge >= 0.3 is 5.97 Å². The third kappa shape index (κ3) is 3.27. The van der Waals surface area contributed by atoms with Gasteiger partial charge in [0, 0.05) is 5.56 Å². The number of hydrogen-bond acceptors (Lipinski definition) is 4. The summed E-state index contributed by atoms with van der Waals surface area (Å²) in [5.74, 6) is -1.25. The largest absolute Gasteiger partial charge is 0.481 e. The number of hydrogen-bond donors (Lipinski definition) is 1. The van der Waals surface area contributed by atoms with Crippen molar-refractivity contribution in [1.29, 1.82) is 0 Å². The third-order valence-corrected chi connectivity index (χ3v) is 3.03. The topological polar surface area (TPSA) is 63.1 Å². The normalized spacial score (nSPS) is 10.3. The van der Waals surface area contributed by atoms with Gasteiger partial charge in [-0.05, 0) is 36.4 Å². The Bertz CT molecular complexity index is 543. The summed E-state index contributed by atoms with van der Waals surface area (Å²) in [5, 5.41) is 16.9. The summed E-state index contributed by atoms with van der Waals surface area (Å²) in [7, 11) is 0. The van der Waals surface area contributed by atoms with Crippen molar-refractivity contribution in [2.45, 2.75) is 5.03 Å². The van der Waals surface area contributed by atoms with Crippen LogP contribution in [-0.2, 0) is 4.79 Å². The molecule has 2 aromatic rings.